The lowest BCUT2D eigenvalue weighted by molar-refractivity contribution is -0.117. The maximum absolute atomic E-state index is 12.7. The highest BCUT2D eigenvalue weighted by Gasteiger charge is 2.15. The molecule has 1 aromatic heterocycles. The van der Waals surface area contributed by atoms with Gasteiger partial charge in [0, 0.05) is 18.2 Å². The molecular formula is C24H31N3O3. The van der Waals surface area contributed by atoms with Crippen LogP contribution in [-0.2, 0) is 4.79 Å². The second-order valence-corrected chi connectivity index (χ2v) is 7.76. The van der Waals surface area contributed by atoms with Gasteiger partial charge in [0.15, 0.2) is 0 Å². The average molecular weight is 410 g/mol. The Labute approximate surface area is 178 Å². The summed E-state index contributed by atoms with van der Waals surface area (Å²) in [6, 6.07) is 10.7. The number of carbonyl (C=O) groups excluding carboxylic acids is 2. The third-order valence-corrected chi connectivity index (χ3v) is 5.27. The molecule has 0 atom stereocenters. The molecule has 1 aliphatic rings. The second-order valence-electron chi connectivity index (χ2n) is 7.76. The van der Waals surface area contributed by atoms with Gasteiger partial charge < -0.3 is 20.0 Å². The third-order valence-electron chi connectivity index (χ3n) is 5.27. The van der Waals surface area contributed by atoms with E-state index in [1.54, 1.807) is 30.3 Å². The van der Waals surface area contributed by atoms with Gasteiger partial charge in [0.25, 0.3) is 11.8 Å². The summed E-state index contributed by atoms with van der Waals surface area (Å²) in [6.45, 7) is 5.79. The molecule has 1 fully saturated rings. The van der Waals surface area contributed by atoms with Crippen molar-refractivity contribution in [2.24, 2.45) is 0 Å². The highest BCUT2D eigenvalue weighted by atomic mass is 16.3. The van der Waals surface area contributed by atoms with E-state index in [0.29, 0.717) is 17.9 Å². The van der Waals surface area contributed by atoms with E-state index in [-0.39, 0.29) is 17.5 Å². The molecule has 1 saturated heterocycles. The molecule has 0 bridgehead atoms. The molecular weight excluding hydrogens is 378 g/mol. The van der Waals surface area contributed by atoms with Crippen molar-refractivity contribution in [1.29, 1.82) is 0 Å². The lowest BCUT2D eigenvalue weighted by Gasteiger charge is -2.19. The van der Waals surface area contributed by atoms with Crippen molar-refractivity contribution in [1.82, 2.24) is 15.5 Å². The molecule has 0 radical (unpaired) electrons. The van der Waals surface area contributed by atoms with Gasteiger partial charge in [-0.25, -0.2) is 0 Å². The predicted octanol–water partition coefficient (Wildman–Crippen LogP) is 3.74. The first-order chi connectivity index (χ1) is 14.6. The zero-order chi connectivity index (χ0) is 21.2. The Morgan fingerprint density at radius 2 is 1.80 bits per heavy atom. The zero-order valence-electron chi connectivity index (χ0n) is 17.7. The first-order valence-corrected chi connectivity index (χ1v) is 10.8. The number of rotatable bonds is 8. The molecule has 1 aliphatic heterocycles. The van der Waals surface area contributed by atoms with Crippen molar-refractivity contribution >= 4 is 17.9 Å². The van der Waals surface area contributed by atoms with Crippen LogP contribution in [0, 0.1) is 6.92 Å². The molecule has 0 spiro atoms. The molecule has 0 unspecified atom stereocenters. The summed E-state index contributed by atoms with van der Waals surface area (Å²) in [5.74, 6) is -0.135. The Hall–Kier alpha value is -2.86. The number of aryl methyl sites for hydroxylation is 1. The average Bonchev–Trinajstić information content (AvgIpc) is 3.12. The number of nitrogens with zero attached hydrogens (tertiary/aromatic N) is 1. The highest BCUT2D eigenvalue weighted by molar-refractivity contribution is 6.05. The van der Waals surface area contributed by atoms with Crippen LogP contribution in [0.25, 0.3) is 6.08 Å². The van der Waals surface area contributed by atoms with Crippen molar-refractivity contribution in [3.8, 4) is 0 Å². The number of hydrogen-bond donors (Lipinski definition) is 2. The molecule has 30 heavy (non-hydrogen) atoms. The van der Waals surface area contributed by atoms with Crippen molar-refractivity contribution in [3.63, 3.8) is 0 Å². The largest absolute Gasteiger partial charge is 0.465 e. The number of hydrogen-bond acceptors (Lipinski definition) is 4. The zero-order valence-corrected chi connectivity index (χ0v) is 17.7. The summed E-state index contributed by atoms with van der Waals surface area (Å²) in [5.41, 5.74) is 1.74. The Bertz CT molecular complexity index is 833. The van der Waals surface area contributed by atoms with Gasteiger partial charge in [-0.05, 0) is 70.1 Å². The van der Waals surface area contributed by atoms with E-state index < -0.39 is 0 Å². The number of amides is 2. The summed E-state index contributed by atoms with van der Waals surface area (Å²) in [6.07, 6.45) is 9.11. The van der Waals surface area contributed by atoms with Gasteiger partial charge in [-0.3, -0.25) is 9.59 Å². The van der Waals surface area contributed by atoms with Crippen molar-refractivity contribution in [2.75, 3.05) is 26.2 Å². The summed E-state index contributed by atoms with van der Waals surface area (Å²) in [5, 5.41) is 5.66. The van der Waals surface area contributed by atoms with E-state index in [1.807, 2.05) is 19.1 Å². The first-order valence-electron chi connectivity index (χ1n) is 10.8. The molecule has 6 nitrogen and oxygen atoms in total. The molecule has 160 valence electrons. The van der Waals surface area contributed by atoms with Crippen LogP contribution in [0.15, 0.2) is 52.8 Å². The van der Waals surface area contributed by atoms with Gasteiger partial charge in [0.1, 0.15) is 11.5 Å². The van der Waals surface area contributed by atoms with Crippen LogP contribution in [-0.4, -0.2) is 42.9 Å². The standard InChI is InChI=1S/C24H31N3O3/c1-19-9-11-20(12-10-19)23(28)26-22(18-21-8-6-17-30-21)24(29)25-13-7-16-27-14-4-2-3-5-15-27/h6,8-12,17-18H,2-5,7,13-16H2,1H3,(H,25,29)(H,26,28)/b22-18-. The predicted molar refractivity (Wildman–Crippen MR) is 118 cm³/mol. The first kappa shape index (κ1) is 21.8. The van der Waals surface area contributed by atoms with E-state index in [0.717, 1.165) is 31.6 Å². The maximum atomic E-state index is 12.7. The van der Waals surface area contributed by atoms with Gasteiger partial charge in [0.2, 0.25) is 0 Å². The normalized spacial score (nSPS) is 15.4. The smallest absolute Gasteiger partial charge is 0.267 e. The van der Waals surface area contributed by atoms with Gasteiger partial charge in [0.05, 0.1) is 6.26 Å². The minimum atomic E-state index is -0.326. The number of likely N-dealkylation sites (tertiary alicyclic amines) is 1. The third kappa shape index (κ3) is 6.88. The lowest BCUT2D eigenvalue weighted by atomic mass is 10.1. The lowest BCUT2D eigenvalue weighted by Crippen LogP contribution is -2.36. The van der Waals surface area contributed by atoms with Crippen LogP contribution in [0.5, 0.6) is 0 Å². The van der Waals surface area contributed by atoms with Crippen molar-refractivity contribution < 1.29 is 14.0 Å². The van der Waals surface area contributed by atoms with Gasteiger partial charge >= 0.3 is 0 Å². The number of benzene rings is 1. The molecule has 0 saturated carbocycles. The summed E-state index contributed by atoms with van der Waals surface area (Å²) in [4.78, 5) is 27.8. The quantitative estimate of drug-likeness (QED) is 0.514. The fraction of sp³-hybridized carbons (Fsp3) is 0.417. The SMILES string of the molecule is Cc1ccc(C(=O)N/C(=C\c2ccco2)C(=O)NCCCN2CCCCCC2)cc1. The fourth-order valence-corrected chi connectivity index (χ4v) is 3.53. The van der Waals surface area contributed by atoms with Gasteiger partial charge in [-0.15, -0.1) is 0 Å². The molecule has 2 N–H and O–H groups in total. The molecule has 2 heterocycles. The molecule has 2 aromatic rings. The van der Waals surface area contributed by atoms with Crippen LogP contribution < -0.4 is 10.6 Å². The topological polar surface area (TPSA) is 74.6 Å². The fourth-order valence-electron chi connectivity index (χ4n) is 3.53. The summed E-state index contributed by atoms with van der Waals surface area (Å²) < 4.78 is 5.32. The van der Waals surface area contributed by atoms with Crippen LogP contribution in [0.3, 0.4) is 0 Å². The summed E-state index contributed by atoms with van der Waals surface area (Å²) in [7, 11) is 0. The van der Waals surface area contributed by atoms with E-state index in [4.69, 9.17) is 4.42 Å². The van der Waals surface area contributed by atoms with E-state index in [2.05, 4.69) is 15.5 Å². The minimum Gasteiger partial charge on any atom is -0.465 e. The highest BCUT2D eigenvalue weighted by Crippen LogP contribution is 2.10. The molecule has 6 heteroatoms. The van der Waals surface area contributed by atoms with Crippen LogP contribution in [0.4, 0.5) is 0 Å². The van der Waals surface area contributed by atoms with Crippen LogP contribution in [0.2, 0.25) is 0 Å². The number of nitrogens with one attached hydrogen (secondary N) is 2. The number of furan rings is 1. The minimum absolute atomic E-state index is 0.172. The van der Waals surface area contributed by atoms with E-state index in [9.17, 15) is 9.59 Å². The Kier molecular flexibility index (Phi) is 8.27. The monoisotopic (exact) mass is 409 g/mol. The molecule has 1 aromatic carbocycles. The van der Waals surface area contributed by atoms with E-state index in [1.165, 1.54) is 31.9 Å². The summed E-state index contributed by atoms with van der Waals surface area (Å²) >= 11 is 0. The molecule has 2 amide bonds. The van der Waals surface area contributed by atoms with Gasteiger partial charge in [-0.2, -0.15) is 0 Å². The molecule has 0 aliphatic carbocycles. The Morgan fingerprint density at radius 3 is 2.47 bits per heavy atom. The van der Waals surface area contributed by atoms with Gasteiger partial charge in [-0.1, -0.05) is 30.5 Å². The second kappa shape index (κ2) is 11.4. The maximum Gasteiger partial charge on any atom is 0.267 e. The Morgan fingerprint density at radius 1 is 1.07 bits per heavy atom. The number of carbonyl (C=O) groups is 2. The van der Waals surface area contributed by atoms with Crippen molar-refractivity contribution in [3.05, 3.63) is 65.2 Å². The molecule has 3 rings (SSSR count). The van der Waals surface area contributed by atoms with Crippen molar-refractivity contribution in [2.45, 2.75) is 39.0 Å². The van der Waals surface area contributed by atoms with Crippen LogP contribution in [0.1, 0.15) is 53.8 Å². The van der Waals surface area contributed by atoms with E-state index >= 15 is 0 Å². The van der Waals surface area contributed by atoms with Crippen LogP contribution >= 0.6 is 0 Å². The Balaban J connectivity index is 1.57.